The summed E-state index contributed by atoms with van der Waals surface area (Å²) in [7, 11) is 1.80. The highest BCUT2D eigenvalue weighted by Gasteiger charge is 2.14. The van der Waals surface area contributed by atoms with Gasteiger partial charge in [-0.15, -0.1) is 0 Å². The molecule has 0 N–H and O–H groups in total. The second kappa shape index (κ2) is 6.43. The van der Waals surface area contributed by atoms with Crippen molar-refractivity contribution in [2.24, 2.45) is 0 Å². The second-order valence-corrected chi connectivity index (χ2v) is 5.94. The summed E-state index contributed by atoms with van der Waals surface area (Å²) in [4.78, 5) is 14.0. The Balaban J connectivity index is 2.00. The largest absolute Gasteiger partial charge is 0.340 e. The third-order valence-corrected chi connectivity index (χ3v) is 4.30. The van der Waals surface area contributed by atoms with E-state index in [2.05, 4.69) is 33.1 Å². The van der Waals surface area contributed by atoms with Crippen molar-refractivity contribution in [3.05, 3.63) is 33.8 Å². The monoisotopic (exact) mass is 353 g/mol. The van der Waals surface area contributed by atoms with Gasteiger partial charge >= 0.3 is 0 Å². The molecule has 0 bridgehead atoms. The minimum atomic E-state index is 0.0219. The first-order valence-electron chi connectivity index (χ1n) is 6.87. The van der Waals surface area contributed by atoms with Crippen LogP contribution in [-0.2, 0) is 24.4 Å². The van der Waals surface area contributed by atoms with Crippen molar-refractivity contribution >= 4 is 21.8 Å². The third-order valence-electron chi connectivity index (χ3n) is 3.52. The van der Waals surface area contributed by atoms with Crippen molar-refractivity contribution in [1.29, 1.82) is 0 Å². The first-order valence-corrected chi connectivity index (χ1v) is 7.66. The van der Waals surface area contributed by atoms with Crippen LogP contribution in [0.3, 0.4) is 0 Å². The summed E-state index contributed by atoms with van der Waals surface area (Å²) in [5, 5.41) is 8.58. The lowest BCUT2D eigenvalue weighted by molar-refractivity contribution is -0.131. The van der Waals surface area contributed by atoms with Crippen LogP contribution in [0.25, 0.3) is 0 Å². The fourth-order valence-electron chi connectivity index (χ4n) is 2.14. The predicted molar refractivity (Wildman–Crippen MR) is 83.8 cm³/mol. The van der Waals surface area contributed by atoms with E-state index in [9.17, 15) is 4.79 Å². The molecule has 114 valence electrons. The third kappa shape index (κ3) is 3.53. The lowest BCUT2D eigenvalue weighted by Gasteiger charge is -2.17. The molecule has 2 heterocycles. The molecule has 1 amide bonds. The Bertz CT molecular complexity index is 626. The molecule has 0 saturated heterocycles. The summed E-state index contributed by atoms with van der Waals surface area (Å²) in [5.41, 5.74) is 3.06. The molecule has 7 heteroatoms. The summed E-state index contributed by atoms with van der Waals surface area (Å²) < 4.78 is 4.50. The Morgan fingerprint density at radius 1 is 1.43 bits per heavy atom. The van der Waals surface area contributed by atoms with E-state index < -0.39 is 0 Å². The minimum absolute atomic E-state index is 0.0219. The molecule has 0 atom stereocenters. The van der Waals surface area contributed by atoms with Crippen molar-refractivity contribution < 1.29 is 4.79 Å². The maximum atomic E-state index is 12.2. The van der Waals surface area contributed by atoms with Crippen molar-refractivity contribution in [1.82, 2.24) is 24.5 Å². The van der Waals surface area contributed by atoms with E-state index in [1.54, 1.807) is 16.6 Å². The van der Waals surface area contributed by atoms with Crippen LogP contribution in [0.2, 0.25) is 0 Å². The van der Waals surface area contributed by atoms with Crippen LogP contribution in [0, 0.1) is 13.8 Å². The SMILES string of the molecule is CCn1ncc(CN(C)C(=O)Cn2cc(Br)c(C)n2)c1C. The number of rotatable bonds is 5. The van der Waals surface area contributed by atoms with Gasteiger partial charge < -0.3 is 4.90 Å². The van der Waals surface area contributed by atoms with Gasteiger partial charge in [-0.2, -0.15) is 10.2 Å². The lowest BCUT2D eigenvalue weighted by atomic mass is 10.2. The molecular formula is C14H20BrN5O. The zero-order valence-corrected chi connectivity index (χ0v) is 14.4. The number of carbonyl (C=O) groups excluding carboxylic acids is 1. The quantitative estimate of drug-likeness (QED) is 0.827. The summed E-state index contributed by atoms with van der Waals surface area (Å²) in [6.07, 6.45) is 3.65. The lowest BCUT2D eigenvalue weighted by Crippen LogP contribution is -2.30. The van der Waals surface area contributed by atoms with E-state index >= 15 is 0 Å². The van der Waals surface area contributed by atoms with E-state index in [-0.39, 0.29) is 12.5 Å². The van der Waals surface area contributed by atoms with Crippen molar-refractivity contribution in [3.8, 4) is 0 Å². The Kier molecular flexibility index (Phi) is 4.82. The molecule has 2 rings (SSSR count). The number of carbonyl (C=O) groups is 1. The normalized spacial score (nSPS) is 10.9. The van der Waals surface area contributed by atoms with Gasteiger partial charge in [0, 0.05) is 37.6 Å². The molecule has 0 aliphatic rings. The van der Waals surface area contributed by atoms with E-state index in [1.807, 2.05) is 30.9 Å². The molecule has 21 heavy (non-hydrogen) atoms. The topological polar surface area (TPSA) is 56.0 Å². The highest BCUT2D eigenvalue weighted by atomic mass is 79.9. The summed E-state index contributed by atoms with van der Waals surface area (Å²) >= 11 is 3.40. The highest BCUT2D eigenvalue weighted by Crippen LogP contribution is 2.14. The van der Waals surface area contributed by atoms with Crippen LogP contribution >= 0.6 is 15.9 Å². The zero-order valence-electron chi connectivity index (χ0n) is 12.8. The predicted octanol–water partition coefficient (Wildman–Crippen LogP) is 2.14. The van der Waals surface area contributed by atoms with Gasteiger partial charge in [0.25, 0.3) is 0 Å². The number of likely N-dealkylation sites (N-methyl/N-ethyl adjacent to an activating group) is 1. The maximum absolute atomic E-state index is 12.2. The first-order chi connectivity index (χ1) is 9.92. The van der Waals surface area contributed by atoms with Crippen molar-refractivity contribution in [2.45, 2.75) is 40.4 Å². The van der Waals surface area contributed by atoms with Gasteiger partial charge in [-0.1, -0.05) is 0 Å². The summed E-state index contributed by atoms with van der Waals surface area (Å²) in [6.45, 7) is 7.62. The molecule has 2 aromatic rings. The molecule has 0 unspecified atom stereocenters. The number of hydrogen-bond acceptors (Lipinski definition) is 3. The van der Waals surface area contributed by atoms with E-state index in [4.69, 9.17) is 0 Å². The summed E-state index contributed by atoms with van der Waals surface area (Å²) in [6, 6.07) is 0. The van der Waals surface area contributed by atoms with Gasteiger partial charge in [0.05, 0.1) is 16.4 Å². The Morgan fingerprint density at radius 3 is 2.67 bits per heavy atom. The average Bonchev–Trinajstić information content (AvgIpc) is 2.93. The Hall–Kier alpha value is -1.63. The van der Waals surface area contributed by atoms with Crippen LogP contribution in [0.4, 0.5) is 0 Å². The molecular weight excluding hydrogens is 334 g/mol. The zero-order chi connectivity index (χ0) is 15.6. The van der Waals surface area contributed by atoms with Crippen LogP contribution in [-0.4, -0.2) is 37.4 Å². The van der Waals surface area contributed by atoms with Gasteiger partial charge in [0.15, 0.2) is 0 Å². The number of amides is 1. The van der Waals surface area contributed by atoms with Gasteiger partial charge in [-0.05, 0) is 36.7 Å². The molecule has 0 aliphatic carbocycles. The first kappa shape index (κ1) is 15.8. The number of nitrogens with zero attached hydrogens (tertiary/aromatic N) is 5. The fourth-order valence-corrected chi connectivity index (χ4v) is 2.45. The Morgan fingerprint density at radius 2 is 2.14 bits per heavy atom. The highest BCUT2D eigenvalue weighted by molar-refractivity contribution is 9.10. The standard InChI is InChI=1S/C14H20BrN5O/c1-5-20-11(3)12(6-16-20)7-18(4)14(21)9-19-8-13(15)10(2)17-19/h6,8H,5,7,9H2,1-4H3. The summed E-state index contributed by atoms with van der Waals surface area (Å²) in [5.74, 6) is 0.0219. The number of halogens is 1. The molecule has 2 aromatic heterocycles. The maximum Gasteiger partial charge on any atom is 0.244 e. The van der Waals surface area contributed by atoms with Crippen LogP contribution in [0.15, 0.2) is 16.9 Å². The molecule has 0 saturated carbocycles. The van der Waals surface area contributed by atoms with Gasteiger partial charge in [-0.25, -0.2) is 0 Å². The average molecular weight is 354 g/mol. The van der Waals surface area contributed by atoms with Crippen LogP contribution in [0.5, 0.6) is 0 Å². The van der Waals surface area contributed by atoms with Gasteiger partial charge in [0.1, 0.15) is 6.54 Å². The smallest absolute Gasteiger partial charge is 0.244 e. The van der Waals surface area contributed by atoms with Crippen LogP contribution < -0.4 is 0 Å². The van der Waals surface area contributed by atoms with Crippen LogP contribution in [0.1, 0.15) is 23.9 Å². The second-order valence-electron chi connectivity index (χ2n) is 5.08. The van der Waals surface area contributed by atoms with Crippen molar-refractivity contribution in [3.63, 3.8) is 0 Å². The molecule has 0 aliphatic heterocycles. The molecule has 0 spiro atoms. The molecule has 0 aromatic carbocycles. The van der Waals surface area contributed by atoms with Crippen molar-refractivity contribution in [2.75, 3.05) is 7.05 Å². The van der Waals surface area contributed by atoms with E-state index in [1.165, 1.54) is 0 Å². The molecule has 6 nitrogen and oxygen atoms in total. The molecule has 0 radical (unpaired) electrons. The number of aromatic nitrogens is 4. The van der Waals surface area contributed by atoms with E-state index in [0.29, 0.717) is 6.54 Å². The van der Waals surface area contributed by atoms with Gasteiger partial charge in [-0.3, -0.25) is 14.2 Å². The minimum Gasteiger partial charge on any atom is -0.340 e. The van der Waals surface area contributed by atoms with E-state index in [0.717, 1.165) is 28.0 Å². The Labute approximate surface area is 132 Å². The molecule has 0 fully saturated rings. The number of aryl methyl sites for hydroxylation is 2. The fraction of sp³-hybridized carbons (Fsp3) is 0.500. The number of hydrogen-bond donors (Lipinski definition) is 0. The van der Waals surface area contributed by atoms with Gasteiger partial charge in [0.2, 0.25) is 5.91 Å².